The Morgan fingerprint density at radius 2 is 2.16 bits per heavy atom. The fourth-order valence-electron chi connectivity index (χ4n) is 2.85. The van der Waals surface area contributed by atoms with E-state index in [0.29, 0.717) is 24.6 Å². The lowest BCUT2D eigenvalue weighted by Crippen LogP contribution is -2.52. The maximum absolute atomic E-state index is 12.5. The second-order valence-corrected chi connectivity index (χ2v) is 6.40. The second kappa shape index (κ2) is 7.52. The minimum absolute atomic E-state index is 0.0340. The molecular weight excluding hydrogens is 320 g/mol. The van der Waals surface area contributed by atoms with Crippen LogP contribution in [0.1, 0.15) is 22.3 Å². The van der Waals surface area contributed by atoms with Crippen molar-refractivity contribution < 1.29 is 9.53 Å². The molecule has 1 amide bonds. The molecular formula is C17H24N6O2. The Morgan fingerprint density at radius 1 is 1.32 bits per heavy atom. The van der Waals surface area contributed by atoms with Gasteiger partial charge in [0.2, 0.25) is 0 Å². The summed E-state index contributed by atoms with van der Waals surface area (Å²) in [6, 6.07) is 1.79. The van der Waals surface area contributed by atoms with E-state index in [1.54, 1.807) is 6.20 Å². The Hall–Kier alpha value is -2.61. The Labute approximate surface area is 147 Å². The highest BCUT2D eigenvalue weighted by atomic mass is 16.5. The summed E-state index contributed by atoms with van der Waals surface area (Å²) in [5.74, 6) is 1.46. The van der Waals surface area contributed by atoms with E-state index in [-0.39, 0.29) is 18.0 Å². The zero-order chi connectivity index (χ0) is 17.8. The van der Waals surface area contributed by atoms with Crippen LogP contribution in [-0.2, 0) is 4.74 Å². The van der Waals surface area contributed by atoms with Gasteiger partial charge in [-0.1, -0.05) is 0 Å². The van der Waals surface area contributed by atoms with Crippen molar-refractivity contribution in [1.29, 1.82) is 0 Å². The number of hydrogen-bond donors (Lipinski definition) is 3. The third-order valence-corrected chi connectivity index (χ3v) is 4.31. The van der Waals surface area contributed by atoms with Crippen molar-refractivity contribution >= 4 is 17.5 Å². The topological polar surface area (TPSA) is 95.2 Å². The molecule has 8 heteroatoms. The molecule has 0 bridgehead atoms. The molecule has 2 aromatic rings. The highest BCUT2D eigenvalue weighted by Gasteiger charge is 2.28. The Balaban J connectivity index is 1.70. The van der Waals surface area contributed by atoms with Crippen molar-refractivity contribution in [2.45, 2.75) is 25.4 Å². The number of H-pyrrole nitrogens is 1. The lowest BCUT2D eigenvalue weighted by atomic mass is 10.0. The van der Waals surface area contributed by atoms with Gasteiger partial charge in [-0.05, 0) is 18.9 Å². The van der Waals surface area contributed by atoms with Crippen molar-refractivity contribution in [2.24, 2.45) is 0 Å². The molecule has 0 saturated carbocycles. The number of carbonyl (C=O) groups excluding carboxylic acids is 1. The van der Waals surface area contributed by atoms with Crippen LogP contribution in [0.4, 0.5) is 11.6 Å². The normalized spacial score (nSPS) is 20.1. The Morgan fingerprint density at radius 3 is 2.88 bits per heavy atom. The number of aromatic nitrogens is 3. The van der Waals surface area contributed by atoms with Gasteiger partial charge < -0.3 is 25.3 Å². The summed E-state index contributed by atoms with van der Waals surface area (Å²) < 4.78 is 5.58. The van der Waals surface area contributed by atoms with Crippen LogP contribution in [0.2, 0.25) is 0 Å². The first-order valence-corrected chi connectivity index (χ1v) is 8.32. The molecule has 134 valence electrons. The van der Waals surface area contributed by atoms with Gasteiger partial charge >= 0.3 is 0 Å². The van der Waals surface area contributed by atoms with Gasteiger partial charge in [-0.25, -0.2) is 9.97 Å². The molecule has 1 fully saturated rings. The van der Waals surface area contributed by atoms with Gasteiger partial charge in [0.25, 0.3) is 5.91 Å². The minimum Gasteiger partial charge on any atom is -0.379 e. The highest BCUT2D eigenvalue weighted by Crippen LogP contribution is 2.17. The van der Waals surface area contributed by atoms with Crippen LogP contribution < -0.4 is 15.5 Å². The van der Waals surface area contributed by atoms with Gasteiger partial charge in [0.15, 0.2) is 0 Å². The van der Waals surface area contributed by atoms with E-state index in [1.807, 2.05) is 38.2 Å². The second-order valence-electron chi connectivity index (χ2n) is 6.40. The molecule has 0 radical (unpaired) electrons. The van der Waals surface area contributed by atoms with Crippen molar-refractivity contribution in [1.82, 2.24) is 20.3 Å². The number of amides is 1. The molecule has 3 rings (SSSR count). The van der Waals surface area contributed by atoms with E-state index in [4.69, 9.17) is 4.74 Å². The number of carbonyl (C=O) groups is 1. The average molecular weight is 344 g/mol. The summed E-state index contributed by atoms with van der Waals surface area (Å²) in [5.41, 5.74) is 1.60. The number of anilines is 2. The molecule has 25 heavy (non-hydrogen) atoms. The van der Waals surface area contributed by atoms with E-state index in [9.17, 15) is 4.79 Å². The van der Waals surface area contributed by atoms with E-state index in [0.717, 1.165) is 17.8 Å². The van der Waals surface area contributed by atoms with Crippen LogP contribution >= 0.6 is 0 Å². The largest absolute Gasteiger partial charge is 0.379 e. The summed E-state index contributed by atoms with van der Waals surface area (Å²) in [7, 11) is 3.86. The van der Waals surface area contributed by atoms with Crippen LogP contribution in [0.3, 0.4) is 0 Å². The predicted octanol–water partition coefficient (Wildman–Crippen LogP) is 1.18. The van der Waals surface area contributed by atoms with Gasteiger partial charge in [0, 0.05) is 39.2 Å². The predicted molar refractivity (Wildman–Crippen MR) is 96.0 cm³/mol. The summed E-state index contributed by atoms with van der Waals surface area (Å²) >= 11 is 0. The minimum atomic E-state index is -0.0749. The average Bonchev–Trinajstić information content (AvgIpc) is 3.03. The molecule has 0 aliphatic carbocycles. The van der Waals surface area contributed by atoms with E-state index >= 15 is 0 Å². The quantitative estimate of drug-likeness (QED) is 0.754. The molecule has 3 N–H and O–H groups in total. The molecule has 1 aliphatic heterocycles. The number of rotatable bonds is 5. The number of hydrogen-bond acceptors (Lipinski definition) is 6. The third-order valence-electron chi connectivity index (χ3n) is 4.31. The molecule has 8 nitrogen and oxygen atoms in total. The van der Waals surface area contributed by atoms with Gasteiger partial charge in [0.1, 0.15) is 18.0 Å². The first kappa shape index (κ1) is 17.2. The SMILES string of the molecule is Cc1c[nH]cc1C(=O)N[C@H]1CCOC[C@H]1Nc1cc(N(C)C)ncn1. The summed E-state index contributed by atoms with van der Waals surface area (Å²) in [4.78, 5) is 25.9. The number of aromatic amines is 1. The zero-order valence-corrected chi connectivity index (χ0v) is 14.7. The maximum Gasteiger partial charge on any atom is 0.253 e. The zero-order valence-electron chi connectivity index (χ0n) is 14.7. The molecule has 1 saturated heterocycles. The molecule has 0 unspecified atom stereocenters. The van der Waals surface area contributed by atoms with Crippen molar-refractivity contribution in [3.8, 4) is 0 Å². The van der Waals surface area contributed by atoms with Gasteiger partial charge in [0.05, 0.1) is 24.3 Å². The van der Waals surface area contributed by atoms with E-state index < -0.39 is 0 Å². The van der Waals surface area contributed by atoms with Crippen molar-refractivity contribution in [3.05, 3.63) is 35.9 Å². The van der Waals surface area contributed by atoms with Crippen LogP contribution in [0.5, 0.6) is 0 Å². The highest BCUT2D eigenvalue weighted by molar-refractivity contribution is 5.95. The third kappa shape index (κ3) is 4.08. The summed E-state index contributed by atoms with van der Waals surface area (Å²) in [6.45, 7) is 3.05. The van der Waals surface area contributed by atoms with Gasteiger partial charge in [-0.3, -0.25) is 4.79 Å². The first-order chi connectivity index (χ1) is 12.0. The smallest absolute Gasteiger partial charge is 0.253 e. The molecule has 2 atom stereocenters. The Bertz CT molecular complexity index is 729. The maximum atomic E-state index is 12.5. The van der Waals surface area contributed by atoms with Crippen LogP contribution in [0.25, 0.3) is 0 Å². The van der Waals surface area contributed by atoms with Crippen molar-refractivity contribution in [3.63, 3.8) is 0 Å². The van der Waals surface area contributed by atoms with Crippen LogP contribution in [0.15, 0.2) is 24.8 Å². The Kier molecular flexibility index (Phi) is 5.18. The van der Waals surface area contributed by atoms with Crippen LogP contribution in [0, 0.1) is 6.92 Å². The molecule has 1 aliphatic rings. The monoisotopic (exact) mass is 344 g/mol. The standard InChI is InChI=1S/C17H24N6O2/c1-11-7-18-8-12(11)17(24)22-13-4-5-25-9-14(13)21-15-6-16(23(2)3)20-10-19-15/h6-8,10,13-14,18H,4-5,9H2,1-3H3,(H,22,24)(H,19,20,21)/t13-,14+/m0/s1. The van der Waals surface area contributed by atoms with Crippen LogP contribution in [-0.4, -0.2) is 60.3 Å². The van der Waals surface area contributed by atoms with Gasteiger partial charge in [-0.2, -0.15) is 0 Å². The number of nitrogens with zero attached hydrogens (tertiary/aromatic N) is 3. The van der Waals surface area contributed by atoms with E-state index in [2.05, 4.69) is 25.6 Å². The lowest BCUT2D eigenvalue weighted by molar-refractivity contribution is 0.0620. The van der Waals surface area contributed by atoms with E-state index in [1.165, 1.54) is 6.33 Å². The summed E-state index contributed by atoms with van der Waals surface area (Å²) in [5, 5.41) is 6.48. The molecule has 0 aromatic carbocycles. The summed E-state index contributed by atoms with van der Waals surface area (Å²) in [6.07, 6.45) is 5.81. The fraction of sp³-hybridized carbons (Fsp3) is 0.471. The number of ether oxygens (including phenoxy) is 1. The van der Waals surface area contributed by atoms with Crippen molar-refractivity contribution in [2.75, 3.05) is 37.5 Å². The lowest BCUT2D eigenvalue weighted by Gasteiger charge is -2.33. The molecule has 3 heterocycles. The number of aryl methyl sites for hydroxylation is 1. The first-order valence-electron chi connectivity index (χ1n) is 8.32. The van der Waals surface area contributed by atoms with Gasteiger partial charge in [-0.15, -0.1) is 0 Å². The molecule has 0 spiro atoms. The molecule has 2 aromatic heterocycles. The number of nitrogens with one attached hydrogen (secondary N) is 3. The fourth-order valence-corrected chi connectivity index (χ4v) is 2.85.